The van der Waals surface area contributed by atoms with Crippen LogP contribution in [-0.2, 0) is 31.4 Å². The largest absolute Gasteiger partial charge is 0.381 e. The summed E-state index contributed by atoms with van der Waals surface area (Å²) >= 11 is 0. The Morgan fingerprint density at radius 1 is 1.29 bits per heavy atom. The van der Waals surface area contributed by atoms with Crippen molar-refractivity contribution < 1.29 is 4.74 Å². The van der Waals surface area contributed by atoms with Gasteiger partial charge in [0, 0.05) is 69.3 Å². The van der Waals surface area contributed by atoms with Crippen molar-refractivity contribution in [1.82, 2.24) is 24.5 Å². The van der Waals surface area contributed by atoms with Crippen molar-refractivity contribution in [2.24, 2.45) is 13.0 Å². The normalized spacial score (nSPS) is 21.2. The lowest BCUT2D eigenvalue weighted by atomic mass is 9.95. The SMILES string of the molecule is CCOC[C@H]1CN(Cc2cnn(C)c2)Cc2nn(CC3CC3)cc21. The molecule has 2 aromatic rings. The molecule has 1 saturated carbocycles. The number of hydrogen-bond donors (Lipinski definition) is 0. The average Bonchev–Trinajstić information content (AvgIpc) is 3.13. The van der Waals surface area contributed by atoms with Crippen LogP contribution in [0.15, 0.2) is 18.6 Å². The molecule has 1 atom stereocenters. The summed E-state index contributed by atoms with van der Waals surface area (Å²) in [5.41, 5.74) is 3.88. The molecule has 0 bridgehead atoms. The average molecular weight is 329 g/mol. The molecule has 0 radical (unpaired) electrons. The number of rotatable bonds is 7. The van der Waals surface area contributed by atoms with Gasteiger partial charge in [-0.15, -0.1) is 0 Å². The molecular weight excluding hydrogens is 302 g/mol. The topological polar surface area (TPSA) is 48.1 Å². The van der Waals surface area contributed by atoms with E-state index >= 15 is 0 Å². The first kappa shape index (κ1) is 15.8. The van der Waals surface area contributed by atoms with Crippen molar-refractivity contribution in [2.75, 3.05) is 19.8 Å². The van der Waals surface area contributed by atoms with Gasteiger partial charge in [-0.05, 0) is 25.7 Å². The highest BCUT2D eigenvalue weighted by atomic mass is 16.5. The second kappa shape index (κ2) is 6.69. The first-order valence-electron chi connectivity index (χ1n) is 9.05. The molecule has 0 spiro atoms. The predicted molar refractivity (Wildman–Crippen MR) is 91.5 cm³/mol. The van der Waals surface area contributed by atoms with Gasteiger partial charge in [-0.3, -0.25) is 14.3 Å². The zero-order valence-corrected chi connectivity index (χ0v) is 14.7. The maximum absolute atomic E-state index is 5.76. The van der Waals surface area contributed by atoms with E-state index in [0.29, 0.717) is 5.92 Å². The van der Waals surface area contributed by atoms with Crippen LogP contribution in [0, 0.1) is 5.92 Å². The molecular formula is C18H27N5O. The lowest BCUT2D eigenvalue weighted by Crippen LogP contribution is -2.34. The standard InChI is InChI=1S/C18H27N5O/c1-3-24-13-16-10-22(8-15-6-19-21(2)7-15)12-18-17(16)11-23(20-18)9-14-4-5-14/h6-7,11,14,16H,3-5,8-10,12-13H2,1-2H3/t16-/m1/s1. The Morgan fingerprint density at radius 3 is 2.88 bits per heavy atom. The number of nitrogens with zero attached hydrogens (tertiary/aromatic N) is 5. The smallest absolute Gasteiger partial charge is 0.0801 e. The maximum atomic E-state index is 5.76. The predicted octanol–water partition coefficient (Wildman–Crippen LogP) is 2.16. The second-order valence-electron chi connectivity index (χ2n) is 7.24. The molecule has 4 rings (SSSR count). The third-order valence-corrected chi connectivity index (χ3v) is 4.99. The van der Waals surface area contributed by atoms with Gasteiger partial charge in [0.2, 0.25) is 0 Å². The van der Waals surface area contributed by atoms with Gasteiger partial charge in [0.1, 0.15) is 0 Å². The van der Waals surface area contributed by atoms with Crippen LogP contribution in [0.1, 0.15) is 42.5 Å². The number of aryl methyl sites for hydroxylation is 1. The molecule has 0 aromatic carbocycles. The van der Waals surface area contributed by atoms with Gasteiger partial charge in [0.25, 0.3) is 0 Å². The maximum Gasteiger partial charge on any atom is 0.0801 e. The first-order valence-corrected chi connectivity index (χ1v) is 9.05. The summed E-state index contributed by atoms with van der Waals surface area (Å²) in [4.78, 5) is 2.47. The van der Waals surface area contributed by atoms with Gasteiger partial charge < -0.3 is 4.74 Å². The summed E-state index contributed by atoms with van der Waals surface area (Å²) in [6, 6.07) is 0. The number of hydrogen-bond acceptors (Lipinski definition) is 4. The Hall–Kier alpha value is -1.66. The van der Waals surface area contributed by atoms with Crippen LogP contribution in [0.25, 0.3) is 0 Å². The zero-order chi connectivity index (χ0) is 16.5. The van der Waals surface area contributed by atoms with Gasteiger partial charge in [-0.1, -0.05) is 0 Å². The van der Waals surface area contributed by atoms with E-state index in [-0.39, 0.29) is 0 Å². The third-order valence-electron chi connectivity index (χ3n) is 4.99. The van der Waals surface area contributed by atoms with Gasteiger partial charge >= 0.3 is 0 Å². The van der Waals surface area contributed by atoms with Crippen molar-refractivity contribution in [2.45, 2.75) is 45.3 Å². The molecule has 0 saturated heterocycles. The van der Waals surface area contributed by atoms with E-state index in [0.717, 1.165) is 45.3 Å². The van der Waals surface area contributed by atoms with Crippen molar-refractivity contribution in [3.63, 3.8) is 0 Å². The number of fused-ring (bicyclic) bond motifs is 1. The van der Waals surface area contributed by atoms with Crippen LogP contribution in [0.4, 0.5) is 0 Å². The van der Waals surface area contributed by atoms with E-state index in [4.69, 9.17) is 9.84 Å². The summed E-state index contributed by atoms with van der Waals surface area (Å²) in [5.74, 6) is 1.27. The van der Waals surface area contributed by atoms with E-state index in [2.05, 4.69) is 34.0 Å². The molecule has 24 heavy (non-hydrogen) atoms. The summed E-state index contributed by atoms with van der Waals surface area (Å²) in [5, 5.41) is 9.17. The van der Waals surface area contributed by atoms with E-state index in [1.807, 2.05) is 17.9 Å². The molecule has 3 heterocycles. The minimum Gasteiger partial charge on any atom is -0.381 e. The molecule has 130 valence electrons. The van der Waals surface area contributed by atoms with Crippen molar-refractivity contribution in [3.05, 3.63) is 35.4 Å². The molecule has 0 amide bonds. The van der Waals surface area contributed by atoms with Crippen LogP contribution in [0.2, 0.25) is 0 Å². The molecule has 1 fully saturated rings. The molecule has 0 unspecified atom stereocenters. The molecule has 1 aliphatic heterocycles. The van der Waals surface area contributed by atoms with Crippen LogP contribution >= 0.6 is 0 Å². The van der Waals surface area contributed by atoms with Crippen LogP contribution in [0.5, 0.6) is 0 Å². The van der Waals surface area contributed by atoms with Crippen LogP contribution in [-0.4, -0.2) is 44.2 Å². The van der Waals surface area contributed by atoms with Gasteiger partial charge in [0.05, 0.1) is 18.5 Å². The highest BCUT2D eigenvalue weighted by molar-refractivity contribution is 5.26. The van der Waals surface area contributed by atoms with Gasteiger partial charge in [-0.25, -0.2) is 0 Å². The van der Waals surface area contributed by atoms with Gasteiger partial charge in [-0.2, -0.15) is 10.2 Å². The minimum absolute atomic E-state index is 0.415. The molecule has 2 aliphatic rings. The second-order valence-corrected chi connectivity index (χ2v) is 7.24. The molecule has 2 aromatic heterocycles. The van der Waals surface area contributed by atoms with E-state index in [1.165, 1.54) is 29.7 Å². The Balaban J connectivity index is 1.51. The highest BCUT2D eigenvalue weighted by Crippen LogP contribution is 2.33. The molecule has 6 nitrogen and oxygen atoms in total. The minimum atomic E-state index is 0.415. The fourth-order valence-corrected chi connectivity index (χ4v) is 3.62. The first-order chi connectivity index (χ1) is 11.7. The fourth-order valence-electron chi connectivity index (χ4n) is 3.62. The molecule has 6 heteroatoms. The Labute approximate surface area is 143 Å². The Kier molecular flexibility index (Phi) is 4.41. The lowest BCUT2D eigenvalue weighted by Gasteiger charge is -2.31. The quantitative estimate of drug-likeness (QED) is 0.781. The zero-order valence-electron chi connectivity index (χ0n) is 14.7. The van der Waals surface area contributed by atoms with Crippen LogP contribution < -0.4 is 0 Å². The summed E-state index contributed by atoms with van der Waals surface area (Å²) < 4.78 is 9.80. The fraction of sp³-hybridized carbons (Fsp3) is 0.667. The summed E-state index contributed by atoms with van der Waals surface area (Å²) in [6.45, 7) is 7.56. The van der Waals surface area contributed by atoms with Crippen molar-refractivity contribution in [1.29, 1.82) is 0 Å². The third kappa shape index (κ3) is 3.54. The Morgan fingerprint density at radius 2 is 2.17 bits per heavy atom. The number of aromatic nitrogens is 4. The van der Waals surface area contributed by atoms with Crippen molar-refractivity contribution in [3.8, 4) is 0 Å². The monoisotopic (exact) mass is 329 g/mol. The summed E-state index contributed by atoms with van der Waals surface area (Å²) in [7, 11) is 1.97. The summed E-state index contributed by atoms with van der Waals surface area (Å²) in [6.07, 6.45) is 9.05. The van der Waals surface area contributed by atoms with E-state index in [1.54, 1.807) is 0 Å². The molecule has 1 aliphatic carbocycles. The lowest BCUT2D eigenvalue weighted by molar-refractivity contribution is 0.105. The Bertz CT molecular complexity index is 687. The van der Waals surface area contributed by atoms with E-state index < -0.39 is 0 Å². The van der Waals surface area contributed by atoms with Crippen molar-refractivity contribution >= 4 is 0 Å². The van der Waals surface area contributed by atoms with E-state index in [9.17, 15) is 0 Å². The highest BCUT2D eigenvalue weighted by Gasteiger charge is 2.30. The number of ether oxygens (including phenoxy) is 1. The molecule has 0 N–H and O–H groups in total. The van der Waals surface area contributed by atoms with Crippen LogP contribution in [0.3, 0.4) is 0 Å². The van der Waals surface area contributed by atoms with Gasteiger partial charge in [0.15, 0.2) is 0 Å².